The van der Waals surface area contributed by atoms with E-state index in [1.165, 1.54) is 0 Å². The number of nitrogens with zero attached hydrogens (tertiary/aromatic N) is 4. The quantitative estimate of drug-likeness (QED) is 0.145. The number of aliphatic hydroxyl groups is 1. The van der Waals surface area contributed by atoms with Crippen molar-refractivity contribution >= 4 is 46.2 Å². The molecule has 2 aliphatic rings. The fourth-order valence-corrected chi connectivity index (χ4v) is 8.20. The molecule has 3 aromatic carbocycles. The minimum Gasteiger partial charge on any atom is -0.497 e. The predicted octanol–water partition coefficient (Wildman–Crippen LogP) is 7.28. The van der Waals surface area contributed by atoms with Gasteiger partial charge >= 0.3 is 0 Å². The number of rotatable bonds is 11. The summed E-state index contributed by atoms with van der Waals surface area (Å²) in [7, 11) is 6.42. The molecule has 0 unspecified atom stereocenters. The number of fused-ring (bicyclic) bond motifs is 2. The summed E-state index contributed by atoms with van der Waals surface area (Å²) >= 11 is 12.9. The van der Waals surface area contributed by atoms with Crippen molar-refractivity contribution in [1.82, 2.24) is 14.9 Å². The second-order valence-electron chi connectivity index (χ2n) is 13.5. The van der Waals surface area contributed by atoms with Crippen molar-refractivity contribution in [3.8, 4) is 23.0 Å². The van der Waals surface area contributed by atoms with Gasteiger partial charge in [0.25, 0.3) is 11.9 Å². The lowest BCUT2D eigenvalue weighted by Crippen LogP contribution is -2.50. The van der Waals surface area contributed by atoms with Gasteiger partial charge in [0.15, 0.2) is 5.58 Å². The predicted molar refractivity (Wildman–Crippen MR) is 204 cm³/mol. The first kappa shape index (κ1) is 37.6. The van der Waals surface area contributed by atoms with E-state index in [0.717, 1.165) is 22.3 Å². The summed E-state index contributed by atoms with van der Waals surface area (Å²) in [4.78, 5) is 27.1. The number of oxazole rings is 1. The van der Waals surface area contributed by atoms with E-state index in [1.54, 1.807) is 51.8 Å². The molecule has 4 heterocycles. The maximum Gasteiger partial charge on any atom is 0.299 e. The number of hydrogen-bond donors (Lipinski definition) is 1. The molecule has 12 nitrogen and oxygen atoms in total. The van der Waals surface area contributed by atoms with Gasteiger partial charge in [-0.15, -0.1) is 0 Å². The summed E-state index contributed by atoms with van der Waals surface area (Å²) in [5.41, 5.74) is 3.37. The molecule has 14 heteroatoms. The van der Waals surface area contributed by atoms with Crippen LogP contribution in [0.5, 0.6) is 23.0 Å². The molecule has 2 aromatic heterocycles. The van der Waals surface area contributed by atoms with Gasteiger partial charge in [0.2, 0.25) is 0 Å². The summed E-state index contributed by atoms with van der Waals surface area (Å²) in [6, 6.07) is 14.8. The van der Waals surface area contributed by atoms with Crippen LogP contribution in [0, 0.1) is 0 Å². The number of aromatic nitrogens is 2. The number of benzene rings is 3. The zero-order valence-corrected chi connectivity index (χ0v) is 32.2. The monoisotopic (exact) mass is 776 g/mol. The minimum absolute atomic E-state index is 0.00287. The minimum atomic E-state index is -1.49. The van der Waals surface area contributed by atoms with Gasteiger partial charge in [-0.2, -0.15) is 4.98 Å². The summed E-state index contributed by atoms with van der Waals surface area (Å²) in [6.45, 7) is 3.23. The van der Waals surface area contributed by atoms with Crippen LogP contribution in [0.4, 0.5) is 6.01 Å². The van der Waals surface area contributed by atoms with Crippen LogP contribution in [0.3, 0.4) is 0 Å². The highest BCUT2D eigenvalue weighted by molar-refractivity contribution is 6.35. The van der Waals surface area contributed by atoms with Gasteiger partial charge in [0.05, 0.1) is 60.4 Å². The molecule has 3 atom stereocenters. The van der Waals surface area contributed by atoms with Gasteiger partial charge in [-0.25, -0.2) is 0 Å². The molecular formula is C40H42Cl2N4O8. The molecule has 284 valence electrons. The Morgan fingerprint density at radius 2 is 1.63 bits per heavy atom. The number of carbonyl (C=O) groups is 1. The van der Waals surface area contributed by atoms with Crippen LogP contribution < -0.4 is 23.8 Å². The Morgan fingerprint density at radius 3 is 2.26 bits per heavy atom. The van der Waals surface area contributed by atoms with Crippen molar-refractivity contribution < 1.29 is 38.0 Å². The fourth-order valence-electron chi connectivity index (χ4n) is 7.51. The molecule has 1 amide bonds. The molecule has 7 rings (SSSR count). The van der Waals surface area contributed by atoms with Gasteiger partial charge in [-0.1, -0.05) is 23.2 Å². The second kappa shape index (κ2) is 15.5. The average Bonchev–Trinajstić information content (AvgIpc) is 3.62. The number of halogens is 2. The third-order valence-corrected chi connectivity index (χ3v) is 10.9. The van der Waals surface area contributed by atoms with E-state index in [4.69, 9.17) is 56.3 Å². The standard InChI is InChI=1S/C40H42Cl2N4O8/c1-23-36-24(14-27(41)15-31(36)42)10-12-46(23)38(47)35-18-40(48,11-13-53-35)30-19-43-20-32-37(30)54-39(44-32)45(21-25-6-8-28(49-2)16-33(25)51-4)22-26-7-9-29(50-3)17-34(26)52-5/h6-9,14-17,19-20,23,35,48H,10-13,18,21-22H2,1-5H3/t23-,35+,40+/m0/s1. The van der Waals surface area contributed by atoms with Gasteiger partial charge in [-0.05, 0) is 60.9 Å². The lowest BCUT2D eigenvalue weighted by Gasteiger charge is -2.41. The summed E-state index contributed by atoms with van der Waals surface area (Å²) in [6.07, 6.45) is 3.11. The molecule has 2 aliphatic heterocycles. The zero-order chi connectivity index (χ0) is 38.1. The largest absolute Gasteiger partial charge is 0.497 e. The Kier molecular flexibility index (Phi) is 10.8. The third kappa shape index (κ3) is 7.23. The summed E-state index contributed by atoms with van der Waals surface area (Å²) < 4.78 is 34.9. The van der Waals surface area contributed by atoms with Crippen molar-refractivity contribution in [1.29, 1.82) is 0 Å². The number of amides is 1. The van der Waals surface area contributed by atoms with Gasteiger partial charge < -0.3 is 43.0 Å². The first-order valence-electron chi connectivity index (χ1n) is 17.6. The maximum absolute atomic E-state index is 14.1. The number of pyridine rings is 1. The number of anilines is 1. The van der Waals surface area contributed by atoms with Crippen LogP contribution in [-0.2, 0) is 34.6 Å². The van der Waals surface area contributed by atoms with E-state index in [1.807, 2.05) is 54.3 Å². The maximum atomic E-state index is 14.1. The molecule has 1 N–H and O–H groups in total. The number of carbonyl (C=O) groups excluding carboxylic acids is 1. The Labute approximate surface area is 323 Å². The van der Waals surface area contributed by atoms with E-state index >= 15 is 0 Å². The molecular weight excluding hydrogens is 735 g/mol. The molecule has 0 spiro atoms. The molecule has 0 aliphatic carbocycles. The molecule has 0 radical (unpaired) electrons. The van der Waals surface area contributed by atoms with Crippen LogP contribution in [0.1, 0.15) is 53.6 Å². The normalized spacial score (nSPS) is 19.7. The van der Waals surface area contributed by atoms with Gasteiger partial charge in [0, 0.05) is 64.5 Å². The summed E-state index contributed by atoms with van der Waals surface area (Å²) in [5, 5.41) is 13.4. The highest BCUT2D eigenvalue weighted by atomic mass is 35.5. The van der Waals surface area contributed by atoms with Crippen LogP contribution >= 0.6 is 23.2 Å². The van der Waals surface area contributed by atoms with Crippen molar-refractivity contribution in [3.63, 3.8) is 0 Å². The highest BCUT2D eigenvalue weighted by Gasteiger charge is 2.44. The molecule has 54 heavy (non-hydrogen) atoms. The van der Waals surface area contributed by atoms with Crippen molar-refractivity contribution in [2.45, 2.75) is 57.0 Å². The lowest BCUT2D eigenvalue weighted by molar-refractivity contribution is -0.163. The number of methoxy groups -OCH3 is 4. The summed E-state index contributed by atoms with van der Waals surface area (Å²) in [5.74, 6) is 2.36. The molecule has 5 aromatic rings. The first-order valence-corrected chi connectivity index (χ1v) is 18.4. The van der Waals surface area contributed by atoms with Crippen LogP contribution in [0.25, 0.3) is 11.1 Å². The zero-order valence-electron chi connectivity index (χ0n) is 30.7. The van der Waals surface area contributed by atoms with E-state index in [2.05, 4.69) is 4.98 Å². The van der Waals surface area contributed by atoms with E-state index in [0.29, 0.717) is 75.8 Å². The van der Waals surface area contributed by atoms with Crippen molar-refractivity contribution in [2.24, 2.45) is 0 Å². The molecule has 0 bridgehead atoms. The Morgan fingerprint density at radius 1 is 0.963 bits per heavy atom. The van der Waals surface area contributed by atoms with Crippen molar-refractivity contribution in [3.05, 3.63) is 98.8 Å². The van der Waals surface area contributed by atoms with Crippen LogP contribution in [0.15, 0.2) is 65.3 Å². The topological polar surface area (TPSA) is 129 Å². The molecule has 0 saturated carbocycles. The van der Waals surface area contributed by atoms with Gasteiger partial charge in [-0.3, -0.25) is 9.78 Å². The average molecular weight is 778 g/mol. The fraction of sp³-hybridized carbons (Fsp3) is 0.375. The third-order valence-electron chi connectivity index (χ3n) is 10.4. The first-order chi connectivity index (χ1) is 26.0. The Balaban J connectivity index is 1.21. The van der Waals surface area contributed by atoms with Gasteiger partial charge in [0.1, 0.15) is 40.2 Å². The van der Waals surface area contributed by atoms with Crippen LogP contribution in [0.2, 0.25) is 10.0 Å². The van der Waals surface area contributed by atoms with E-state index < -0.39 is 11.7 Å². The number of hydrogen-bond acceptors (Lipinski definition) is 11. The molecule has 1 fully saturated rings. The smallest absolute Gasteiger partial charge is 0.299 e. The molecule has 1 saturated heterocycles. The number of ether oxygens (including phenoxy) is 5. The van der Waals surface area contributed by atoms with Crippen LogP contribution in [-0.4, -0.2) is 73.6 Å². The van der Waals surface area contributed by atoms with E-state index in [9.17, 15) is 9.90 Å². The van der Waals surface area contributed by atoms with E-state index in [-0.39, 0.29) is 37.4 Å². The highest BCUT2D eigenvalue weighted by Crippen LogP contribution is 2.42. The lowest BCUT2D eigenvalue weighted by atomic mass is 9.83. The Hall–Kier alpha value is -4.75. The van der Waals surface area contributed by atoms with Crippen molar-refractivity contribution in [2.75, 3.05) is 46.5 Å². The SMILES string of the molecule is COc1ccc(CN(Cc2ccc(OC)cc2OC)c2nc3cncc([C@@]4(O)CCO[C@@H](C(=O)N5CCc6cc(Cl)cc(Cl)c6[C@@H]5C)C4)c3o2)c(OC)c1. The second-order valence-corrected chi connectivity index (χ2v) is 14.4. The Bertz CT molecular complexity index is 2120.